The van der Waals surface area contributed by atoms with E-state index in [-0.39, 0.29) is 24.0 Å². The minimum atomic E-state index is -0.498. The van der Waals surface area contributed by atoms with Crippen LogP contribution in [0, 0.1) is 10.1 Å². The van der Waals surface area contributed by atoms with Crippen molar-refractivity contribution in [1.82, 2.24) is 0 Å². The van der Waals surface area contributed by atoms with Crippen LogP contribution in [-0.4, -0.2) is 30.3 Å². The lowest BCUT2D eigenvalue weighted by molar-refractivity contribution is -0.384. The molecule has 7 nitrogen and oxygen atoms in total. The SMILES string of the molecule is CCC(=O)c1ccc(OCC(=O)N(C)c2ccc([N+](=O)[O-])cc2)cc1. The smallest absolute Gasteiger partial charge is 0.269 e. The second-order valence-electron chi connectivity index (χ2n) is 5.32. The fourth-order valence-electron chi connectivity index (χ4n) is 2.13. The number of ketones is 1. The van der Waals surface area contributed by atoms with Crippen LogP contribution in [0.1, 0.15) is 23.7 Å². The van der Waals surface area contributed by atoms with E-state index < -0.39 is 4.92 Å². The average Bonchev–Trinajstić information content (AvgIpc) is 2.65. The normalized spacial score (nSPS) is 10.2. The maximum absolute atomic E-state index is 12.2. The number of benzene rings is 2. The number of Topliss-reactive ketones (excluding diaryl/α,β-unsaturated/α-hetero) is 1. The number of hydrogen-bond acceptors (Lipinski definition) is 5. The summed E-state index contributed by atoms with van der Waals surface area (Å²) in [6.07, 6.45) is 0.429. The van der Waals surface area contributed by atoms with Crippen molar-refractivity contribution in [2.45, 2.75) is 13.3 Å². The molecule has 0 N–H and O–H groups in total. The van der Waals surface area contributed by atoms with Crippen LogP contribution in [0.25, 0.3) is 0 Å². The molecule has 2 rings (SSSR count). The zero-order valence-corrected chi connectivity index (χ0v) is 14.0. The molecule has 0 heterocycles. The summed E-state index contributed by atoms with van der Waals surface area (Å²) in [6, 6.07) is 12.3. The molecule has 0 aliphatic rings. The van der Waals surface area contributed by atoms with Gasteiger partial charge < -0.3 is 9.64 Å². The summed E-state index contributed by atoms with van der Waals surface area (Å²) in [5.74, 6) is 0.223. The monoisotopic (exact) mass is 342 g/mol. The van der Waals surface area contributed by atoms with Gasteiger partial charge in [-0.1, -0.05) is 6.92 Å². The molecule has 0 saturated heterocycles. The molecule has 2 aromatic rings. The van der Waals surface area contributed by atoms with Crippen LogP contribution < -0.4 is 9.64 Å². The molecule has 0 unspecified atom stereocenters. The number of non-ortho nitro benzene ring substituents is 1. The lowest BCUT2D eigenvalue weighted by atomic mass is 10.1. The van der Waals surface area contributed by atoms with Gasteiger partial charge >= 0.3 is 0 Å². The van der Waals surface area contributed by atoms with E-state index in [1.165, 1.54) is 29.2 Å². The Morgan fingerprint density at radius 2 is 1.68 bits per heavy atom. The molecule has 0 fully saturated rings. The molecule has 0 aromatic heterocycles. The molecule has 7 heteroatoms. The van der Waals surface area contributed by atoms with Crippen LogP contribution in [0.5, 0.6) is 5.75 Å². The zero-order chi connectivity index (χ0) is 18.4. The Hall–Kier alpha value is -3.22. The first-order valence-electron chi connectivity index (χ1n) is 7.69. The molecule has 0 atom stereocenters. The maximum Gasteiger partial charge on any atom is 0.269 e. The van der Waals surface area contributed by atoms with Gasteiger partial charge in [-0.3, -0.25) is 19.7 Å². The van der Waals surface area contributed by atoms with Gasteiger partial charge in [0.1, 0.15) is 5.75 Å². The number of rotatable bonds is 7. The summed E-state index contributed by atoms with van der Waals surface area (Å²) in [7, 11) is 1.57. The zero-order valence-electron chi connectivity index (χ0n) is 14.0. The Kier molecular flexibility index (Phi) is 5.84. The number of carbonyl (C=O) groups is 2. The van der Waals surface area contributed by atoms with Crippen LogP contribution >= 0.6 is 0 Å². The number of anilines is 1. The highest BCUT2D eigenvalue weighted by molar-refractivity contribution is 5.96. The molecule has 0 aliphatic carbocycles. The number of ether oxygens (including phenoxy) is 1. The highest BCUT2D eigenvalue weighted by Gasteiger charge is 2.13. The quantitative estimate of drug-likeness (QED) is 0.438. The maximum atomic E-state index is 12.2. The van der Waals surface area contributed by atoms with E-state index in [0.29, 0.717) is 23.4 Å². The van der Waals surface area contributed by atoms with Gasteiger partial charge in [0.25, 0.3) is 11.6 Å². The topological polar surface area (TPSA) is 89.8 Å². The van der Waals surface area contributed by atoms with Gasteiger partial charge in [-0.05, 0) is 36.4 Å². The summed E-state index contributed by atoms with van der Waals surface area (Å²) in [4.78, 5) is 35.2. The lowest BCUT2D eigenvalue weighted by Gasteiger charge is -2.17. The molecule has 0 bridgehead atoms. The molecule has 0 spiro atoms. The highest BCUT2D eigenvalue weighted by atomic mass is 16.6. The van der Waals surface area contributed by atoms with Crippen molar-refractivity contribution in [3.8, 4) is 5.75 Å². The Morgan fingerprint density at radius 3 is 2.20 bits per heavy atom. The van der Waals surface area contributed by atoms with E-state index in [2.05, 4.69) is 0 Å². The number of likely N-dealkylation sites (N-methyl/N-ethyl adjacent to an activating group) is 1. The number of carbonyl (C=O) groups excluding carboxylic acids is 2. The summed E-state index contributed by atoms with van der Waals surface area (Å²) in [5, 5.41) is 10.6. The largest absolute Gasteiger partial charge is 0.484 e. The van der Waals surface area contributed by atoms with Gasteiger partial charge in [0.15, 0.2) is 12.4 Å². The third kappa shape index (κ3) is 4.63. The van der Waals surface area contributed by atoms with E-state index in [1.54, 1.807) is 38.2 Å². The number of nitrogens with zero attached hydrogens (tertiary/aromatic N) is 2. The van der Waals surface area contributed by atoms with Crippen LogP contribution in [-0.2, 0) is 4.79 Å². The van der Waals surface area contributed by atoms with Crippen LogP contribution in [0.2, 0.25) is 0 Å². The molecule has 0 aliphatic heterocycles. The van der Waals surface area contributed by atoms with Gasteiger partial charge in [-0.25, -0.2) is 0 Å². The standard InChI is InChI=1S/C18H18N2O5/c1-3-17(21)13-4-10-16(11-5-13)25-12-18(22)19(2)14-6-8-15(9-7-14)20(23)24/h4-11H,3,12H2,1-2H3. The molecular weight excluding hydrogens is 324 g/mol. The van der Waals surface area contributed by atoms with E-state index in [1.807, 2.05) is 0 Å². The van der Waals surface area contributed by atoms with Crippen LogP contribution in [0.15, 0.2) is 48.5 Å². The second kappa shape index (κ2) is 8.05. The number of nitro groups is 1. The van der Waals surface area contributed by atoms with Crippen molar-refractivity contribution in [3.05, 3.63) is 64.2 Å². The van der Waals surface area contributed by atoms with Crippen LogP contribution in [0.3, 0.4) is 0 Å². The number of nitro benzene ring substituents is 1. The van der Waals surface area contributed by atoms with E-state index >= 15 is 0 Å². The summed E-state index contributed by atoms with van der Waals surface area (Å²) < 4.78 is 5.43. The Bertz CT molecular complexity index is 769. The molecule has 130 valence electrons. The summed E-state index contributed by atoms with van der Waals surface area (Å²) >= 11 is 0. The molecule has 1 amide bonds. The minimum Gasteiger partial charge on any atom is -0.484 e. The Labute approximate surface area is 145 Å². The van der Waals surface area contributed by atoms with Gasteiger partial charge in [-0.2, -0.15) is 0 Å². The van der Waals surface area contributed by atoms with Crippen molar-refractivity contribution < 1.29 is 19.2 Å². The van der Waals surface area contributed by atoms with Gasteiger partial charge in [0, 0.05) is 36.9 Å². The van der Waals surface area contributed by atoms with Crippen LogP contribution in [0.4, 0.5) is 11.4 Å². The highest BCUT2D eigenvalue weighted by Crippen LogP contribution is 2.19. The fraction of sp³-hybridized carbons (Fsp3) is 0.222. The van der Waals surface area contributed by atoms with Crippen molar-refractivity contribution in [2.75, 3.05) is 18.6 Å². The number of hydrogen-bond donors (Lipinski definition) is 0. The Morgan fingerprint density at radius 1 is 1.08 bits per heavy atom. The summed E-state index contributed by atoms with van der Waals surface area (Å²) in [5.41, 5.74) is 1.09. The van der Waals surface area contributed by atoms with E-state index in [9.17, 15) is 19.7 Å². The number of amides is 1. The first-order chi connectivity index (χ1) is 11.9. The van der Waals surface area contributed by atoms with Crippen molar-refractivity contribution in [2.24, 2.45) is 0 Å². The third-order valence-corrected chi connectivity index (χ3v) is 3.68. The van der Waals surface area contributed by atoms with E-state index in [0.717, 1.165) is 0 Å². The van der Waals surface area contributed by atoms with Gasteiger partial charge in [-0.15, -0.1) is 0 Å². The van der Waals surface area contributed by atoms with Gasteiger partial charge in [0.05, 0.1) is 4.92 Å². The lowest BCUT2D eigenvalue weighted by Crippen LogP contribution is -2.31. The van der Waals surface area contributed by atoms with Crippen molar-refractivity contribution >= 4 is 23.1 Å². The van der Waals surface area contributed by atoms with Crippen molar-refractivity contribution in [1.29, 1.82) is 0 Å². The minimum absolute atomic E-state index is 0.0393. The fourth-order valence-corrected chi connectivity index (χ4v) is 2.13. The van der Waals surface area contributed by atoms with E-state index in [4.69, 9.17) is 4.74 Å². The Balaban J connectivity index is 1.94. The first kappa shape index (κ1) is 18.1. The summed E-state index contributed by atoms with van der Waals surface area (Å²) in [6.45, 7) is 1.61. The molecule has 0 radical (unpaired) electrons. The van der Waals surface area contributed by atoms with Gasteiger partial charge in [0.2, 0.25) is 0 Å². The molecule has 2 aromatic carbocycles. The predicted octanol–water partition coefficient (Wildman–Crippen LogP) is 3.23. The third-order valence-electron chi connectivity index (χ3n) is 3.68. The molecular formula is C18H18N2O5. The molecule has 25 heavy (non-hydrogen) atoms. The molecule has 0 saturated carbocycles. The predicted molar refractivity (Wildman–Crippen MR) is 93.1 cm³/mol. The second-order valence-corrected chi connectivity index (χ2v) is 5.32. The van der Waals surface area contributed by atoms with Crippen molar-refractivity contribution in [3.63, 3.8) is 0 Å². The average molecular weight is 342 g/mol. The first-order valence-corrected chi connectivity index (χ1v) is 7.69.